The Bertz CT molecular complexity index is 1130. The van der Waals surface area contributed by atoms with E-state index in [0.29, 0.717) is 16.7 Å². The van der Waals surface area contributed by atoms with E-state index in [9.17, 15) is 0 Å². The van der Waals surface area contributed by atoms with Crippen molar-refractivity contribution in [2.45, 2.75) is 32.4 Å². The van der Waals surface area contributed by atoms with Gasteiger partial charge in [0.05, 0.1) is 11.6 Å². The standard InChI is InChI=1S/C27H27Cl2NOSi/c1-27(2,3)32(20-11-6-4-7-12-20,21-13-8-5-9-14-21)31-19-23-24(28)17-16-22(26(23)29)25-15-10-18-30-25/h4-18,30H,19H2,1-3H3. The van der Waals surface area contributed by atoms with E-state index >= 15 is 0 Å². The summed E-state index contributed by atoms with van der Waals surface area (Å²) in [5.41, 5.74) is 2.69. The van der Waals surface area contributed by atoms with Gasteiger partial charge in [0, 0.05) is 28.0 Å². The van der Waals surface area contributed by atoms with E-state index in [1.807, 2.05) is 42.6 Å². The van der Waals surface area contributed by atoms with Gasteiger partial charge in [0.1, 0.15) is 0 Å². The smallest absolute Gasteiger partial charge is 0.261 e. The summed E-state index contributed by atoms with van der Waals surface area (Å²) in [5.74, 6) is 0. The fourth-order valence-electron chi connectivity index (χ4n) is 4.38. The molecule has 4 aromatic rings. The molecule has 0 atom stereocenters. The van der Waals surface area contributed by atoms with Gasteiger partial charge in [-0.3, -0.25) is 0 Å². The Morgan fingerprint density at radius 1 is 0.781 bits per heavy atom. The van der Waals surface area contributed by atoms with Crippen molar-refractivity contribution in [1.82, 2.24) is 4.98 Å². The number of aromatic amines is 1. The van der Waals surface area contributed by atoms with Gasteiger partial charge in [-0.15, -0.1) is 0 Å². The summed E-state index contributed by atoms with van der Waals surface area (Å²) in [7, 11) is -2.69. The Labute approximate surface area is 201 Å². The highest BCUT2D eigenvalue weighted by molar-refractivity contribution is 6.99. The molecule has 0 saturated carbocycles. The maximum Gasteiger partial charge on any atom is 0.261 e. The van der Waals surface area contributed by atoms with Crippen LogP contribution in [0.5, 0.6) is 0 Å². The van der Waals surface area contributed by atoms with Crippen LogP contribution in [-0.4, -0.2) is 13.3 Å². The molecule has 32 heavy (non-hydrogen) atoms. The van der Waals surface area contributed by atoms with Crippen LogP contribution < -0.4 is 10.4 Å². The molecule has 1 aromatic heterocycles. The van der Waals surface area contributed by atoms with Crippen molar-refractivity contribution in [3.05, 3.63) is 107 Å². The molecule has 1 heterocycles. The summed E-state index contributed by atoms with van der Waals surface area (Å²) in [6.07, 6.45) is 1.89. The fraction of sp³-hybridized carbons (Fsp3) is 0.185. The predicted octanol–water partition coefficient (Wildman–Crippen LogP) is 7.07. The van der Waals surface area contributed by atoms with Crippen molar-refractivity contribution in [1.29, 1.82) is 0 Å². The average Bonchev–Trinajstić information content (AvgIpc) is 3.31. The normalized spacial score (nSPS) is 12.2. The van der Waals surface area contributed by atoms with Crippen LogP contribution in [0.4, 0.5) is 0 Å². The molecule has 0 aliphatic heterocycles. The number of hydrogen-bond acceptors (Lipinski definition) is 1. The van der Waals surface area contributed by atoms with Crippen LogP contribution in [0.25, 0.3) is 11.3 Å². The third-order valence-electron chi connectivity index (χ3n) is 5.92. The average molecular weight is 481 g/mol. The van der Waals surface area contributed by atoms with E-state index in [2.05, 4.69) is 74.3 Å². The highest BCUT2D eigenvalue weighted by Crippen LogP contribution is 2.40. The van der Waals surface area contributed by atoms with Crippen molar-refractivity contribution in [2.24, 2.45) is 0 Å². The molecular formula is C27H27Cl2NOSi. The van der Waals surface area contributed by atoms with E-state index in [-0.39, 0.29) is 5.04 Å². The summed E-state index contributed by atoms with van der Waals surface area (Å²) in [5, 5.41) is 3.57. The third-order valence-corrected chi connectivity index (χ3v) is 11.7. The summed E-state index contributed by atoms with van der Waals surface area (Å²) in [6, 6.07) is 29.0. The molecule has 0 unspecified atom stereocenters. The summed E-state index contributed by atoms with van der Waals surface area (Å²) in [4.78, 5) is 3.23. The van der Waals surface area contributed by atoms with Gasteiger partial charge in [0.25, 0.3) is 8.32 Å². The molecule has 3 aromatic carbocycles. The van der Waals surface area contributed by atoms with Crippen molar-refractivity contribution >= 4 is 41.9 Å². The zero-order valence-electron chi connectivity index (χ0n) is 18.5. The molecule has 0 radical (unpaired) electrons. The number of benzene rings is 3. The van der Waals surface area contributed by atoms with Crippen molar-refractivity contribution in [3.8, 4) is 11.3 Å². The van der Waals surface area contributed by atoms with E-state index in [1.165, 1.54) is 10.4 Å². The molecule has 0 spiro atoms. The first kappa shape index (κ1) is 22.9. The lowest BCUT2D eigenvalue weighted by atomic mass is 10.1. The van der Waals surface area contributed by atoms with Gasteiger partial charge in [-0.25, -0.2) is 0 Å². The third kappa shape index (κ3) is 4.18. The summed E-state index contributed by atoms with van der Waals surface area (Å²) >= 11 is 13.5. The molecule has 0 fully saturated rings. The van der Waals surface area contributed by atoms with Gasteiger partial charge >= 0.3 is 0 Å². The Hall–Kier alpha value is -2.30. The van der Waals surface area contributed by atoms with Crippen LogP contribution in [0.2, 0.25) is 15.1 Å². The number of aromatic nitrogens is 1. The Morgan fingerprint density at radius 2 is 1.38 bits per heavy atom. The second-order valence-electron chi connectivity index (χ2n) is 8.92. The molecule has 0 aliphatic rings. The molecule has 0 bridgehead atoms. The van der Waals surface area contributed by atoms with Gasteiger partial charge < -0.3 is 9.41 Å². The van der Waals surface area contributed by atoms with E-state index in [4.69, 9.17) is 27.6 Å². The van der Waals surface area contributed by atoms with Gasteiger partial charge in [-0.1, -0.05) is 105 Å². The number of rotatable bonds is 6. The minimum Gasteiger partial charge on any atom is -0.403 e. The maximum atomic E-state index is 7.05. The first-order chi connectivity index (χ1) is 15.3. The van der Waals surface area contributed by atoms with Crippen molar-refractivity contribution < 1.29 is 4.43 Å². The minimum absolute atomic E-state index is 0.119. The molecule has 4 rings (SSSR count). The predicted molar refractivity (Wildman–Crippen MR) is 139 cm³/mol. The highest BCUT2D eigenvalue weighted by atomic mass is 35.5. The molecule has 164 valence electrons. The molecule has 2 nitrogen and oxygen atoms in total. The topological polar surface area (TPSA) is 25.0 Å². The lowest BCUT2D eigenvalue weighted by Gasteiger charge is -2.43. The monoisotopic (exact) mass is 479 g/mol. The van der Waals surface area contributed by atoms with Crippen LogP contribution in [0, 0.1) is 0 Å². The molecular weight excluding hydrogens is 453 g/mol. The maximum absolute atomic E-state index is 7.05. The number of H-pyrrole nitrogens is 1. The molecule has 0 saturated heterocycles. The van der Waals surface area contributed by atoms with Gasteiger partial charge in [0.15, 0.2) is 0 Å². The van der Waals surface area contributed by atoms with Crippen LogP contribution in [0.15, 0.2) is 91.1 Å². The lowest BCUT2D eigenvalue weighted by molar-refractivity contribution is 0.286. The van der Waals surface area contributed by atoms with Crippen LogP contribution in [-0.2, 0) is 11.0 Å². The minimum atomic E-state index is -2.69. The summed E-state index contributed by atoms with van der Waals surface area (Å²) in [6.45, 7) is 7.12. The molecule has 0 amide bonds. The van der Waals surface area contributed by atoms with Crippen molar-refractivity contribution in [2.75, 3.05) is 0 Å². The zero-order chi connectivity index (χ0) is 22.8. The van der Waals surface area contributed by atoms with Crippen LogP contribution in [0.3, 0.4) is 0 Å². The quantitative estimate of drug-likeness (QED) is 0.294. The van der Waals surface area contributed by atoms with E-state index in [0.717, 1.165) is 16.8 Å². The highest BCUT2D eigenvalue weighted by Gasteiger charge is 2.50. The second-order valence-corrected chi connectivity index (χ2v) is 14.0. The number of nitrogens with one attached hydrogen (secondary N) is 1. The summed E-state index contributed by atoms with van der Waals surface area (Å²) < 4.78 is 7.05. The van der Waals surface area contributed by atoms with Gasteiger partial charge in [-0.2, -0.15) is 0 Å². The number of halogens is 2. The Kier molecular flexibility index (Phi) is 6.64. The van der Waals surface area contributed by atoms with Crippen molar-refractivity contribution in [3.63, 3.8) is 0 Å². The fourth-order valence-corrected chi connectivity index (χ4v) is 9.48. The zero-order valence-corrected chi connectivity index (χ0v) is 21.0. The first-order valence-electron chi connectivity index (χ1n) is 10.7. The van der Waals surface area contributed by atoms with E-state index < -0.39 is 8.32 Å². The lowest BCUT2D eigenvalue weighted by Crippen LogP contribution is -2.66. The molecule has 0 aliphatic carbocycles. The van der Waals surface area contributed by atoms with E-state index in [1.54, 1.807) is 0 Å². The SMILES string of the molecule is CC(C)(C)[Si](OCc1c(Cl)ccc(-c2ccc[nH]2)c1Cl)(c1ccccc1)c1ccccc1. The molecule has 5 heteroatoms. The molecule has 1 N–H and O–H groups in total. The van der Waals surface area contributed by atoms with Gasteiger partial charge in [0.2, 0.25) is 0 Å². The largest absolute Gasteiger partial charge is 0.403 e. The number of hydrogen-bond donors (Lipinski definition) is 1. The van der Waals surface area contributed by atoms with Crippen LogP contribution in [0.1, 0.15) is 26.3 Å². The van der Waals surface area contributed by atoms with Gasteiger partial charge in [-0.05, 0) is 39.7 Å². The second kappa shape index (κ2) is 9.28. The first-order valence-corrected chi connectivity index (χ1v) is 13.4. The Balaban J connectivity index is 1.83. The Morgan fingerprint density at radius 3 is 1.88 bits per heavy atom. The van der Waals surface area contributed by atoms with Crippen LogP contribution >= 0.6 is 23.2 Å².